The summed E-state index contributed by atoms with van der Waals surface area (Å²) in [5.74, 6) is 4.12. The number of cyclic esters (lactones) is 1. The number of carbonyl (C=O) groups excluding carboxylic acids is 2. The Kier molecular flexibility index (Phi) is 3.67. The highest BCUT2D eigenvalue weighted by Gasteiger charge is 2.62. The predicted octanol–water partition coefficient (Wildman–Crippen LogP) is 3.38. The summed E-state index contributed by atoms with van der Waals surface area (Å²) in [4.78, 5) is 22.8. The van der Waals surface area contributed by atoms with Crippen LogP contribution in [0, 0.1) is 17.8 Å². The fraction of sp³-hybridized carbons (Fsp3) is 0.375. The van der Waals surface area contributed by atoms with E-state index in [2.05, 4.69) is 27.2 Å². The summed E-state index contributed by atoms with van der Waals surface area (Å²) in [7, 11) is 0. The minimum Gasteiger partial charge on any atom is -0.415 e. The Morgan fingerprint density at radius 3 is 2.71 bits per heavy atom. The number of amides is 2. The second kappa shape index (κ2) is 5.44. The molecule has 0 unspecified atom stereocenters. The van der Waals surface area contributed by atoms with Crippen LogP contribution in [0.1, 0.15) is 25.3 Å². The van der Waals surface area contributed by atoms with Gasteiger partial charge in [-0.1, -0.05) is 5.92 Å². The van der Waals surface area contributed by atoms with Crippen molar-refractivity contribution in [3.8, 4) is 11.8 Å². The fourth-order valence-electron chi connectivity index (χ4n) is 2.36. The molecule has 24 heavy (non-hydrogen) atoms. The number of nitrogens with one attached hydrogen (secondary N) is 2. The van der Waals surface area contributed by atoms with Crippen molar-refractivity contribution in [2.24, 2.45) is 5.92 Å². The van der Waals surface area contributed by atoms with E-state index in [9.17, 15) is 22.8 Å². The quantitative estimate of drug-likeness (QED) is 0.772. The molecule has 0 bridgehead atoms. The zero-order chi connectivity index (χ0) is 17.5. The molecule has 1 aliphatic heterocycles. The number of hydrogen-bond acceptors (Lipinski definition) is 3. The number of alkyl halides is 3. The minimum absolute atomic E-state index is 0.0530. The molecule has 126 valence electrons. The Hall–Kier alpha value is -2.69. The van der Waals surface area contributed by atoms with Crippen LogP contribution in [0.4, 0.5) is 29.3 Å². The summed E-state index contributed by atoms with van der Waals surface area (Å²) >= 11 is 0. The van der Waals surface area contributed by atoms with Crippen molar-refractivity contribution in [2.75, 3.05) is 10.6 Å². The Morgan fingerprint density at radius 2 is 2.12 bits per heavy atom. The molecule has 1 aromatic carbocycles. The van der Waals surface area contributed by atoms with E-state index in [1.807, 2.05) is 0 Å². The highest BCUT2D eigenvalue weighted by molar-refractivity contribution is 5.93. The van der Waals surface area contributed by atoms with Gasteiger partial charge in [0.1, 0.15) is 0 Å². The third-order valence-corrected chi connectivity index (χ3v) is 3.63. The number of ether oxygens (including phenoxy) is 1. The monoisotopic (exact) mass is 338 g/mol. The van der Waals surface area contributed by atoms with Crippen molar-refractivity contribution in [2.45, 2.75) is 31.5 Å². The van der Waals surface area contributed by atoms with Gasteiger partial charge in [-0.2, -0.15) is 13.2 Å². The summed E-state index contributed by atoms with van der Waals surface area (Å²) in [6.07, 6.45) is -4.70. The molecule has 1 heterocycles. The molecule has 5 nitrogen and oxygen atoms in total. The topological polar surface area (TPSA) is 67.4 Å². The van der Waals surface area contributed by atoms with E-state index in [4.69, 9.17) is 0 Å². The van der Waals surface area contributed by atoms with Crippen molar-refractivity contribution in [3.05, 3.63) is 23.8 Å². The van der Waals surface area contributed by atoms with Crippen LogP contribution in [0.3, 0.4) is 0 Å². The molecule has 0 saturated heterocycles. The average Bonchev–Trinajstić information content (AvgIpc) is 3.27. The standard InChI is InChI=1S/C16H13F3N2O3/c1-9(22)20-11-4-5-13-12(8-11)15(16(17,18)19,24-14(23)21-13)7-6-10-2-3-10/h4-5,8,10H,2-3H2,1H3,(H,20,22)(H,21,23)/t15-/m0/s1. The summed E-state index contributed by atoms with van der Waals surface area (Å²) < 4.78 is 46.1. The summed E-state index contributed by atoms with van der Waals surface area (Å²) in [6, 6.07) is 3.78. The van der Waals surface area contributed by atoms with Crippen LogP contribution in [0.15, 0.2) is 18.2 Å². The van der Waals surface area contributed by atoms with Gasteiger partial charge in [0.05, 0.1) is 5.69 Å². The number of fused-ring (bicyclic) bond motifs is 1. The number of hydrogen-bond donors (Lipinski definition) is 2. The molecule has 8 heteroatoms. The maximum Gasteiger partial charge on any atom is 0.445 e. The maximum atomic E-state index is 13.8. The maximum absolute atomic E-state index is 13.8. The molecule has 0 aromatic heterocycles. The van der Waals surface area contributed by atoms with E-state index in [1.54, 1.807) is 0 Å². The van der Waals surface area contributed by atoms with Crippen molar-refractivity contribution in [1.29, 1.82) is 0 Å². The number of carbonyl (C=O) groups is 2. The van der Waals surface area contributed by atoms with Gasteiger partial charge in [-0.15, -0.1) is 0 Å². The fourth-order valence-corrected chi connectivity index (χ4v) is 2.36. The molecule has 1 atom stereocenters. The van der Waals surface area contributed by atoms with E-state index in [1.165, 1.54) is 19.1 Å². The van der Waals surface area contributed by atoms with Gasteiger partial charge >= 0.3 is 12.3 Å². The number of benzene rings is 1. The number of halogens is 3. The van der Waals surface area contributed by atoms with Gasteiger partial charge in [-0.3, -0.25) is 10.1 Å². The zero-order valence-corrected chi connectivity index (χ0v) is 12.6. The largest absolute Gasteiger partial charge is 0.445 e. The minimum atomic E-state index is -4.93. The lowest BCUT2D eigenvalue weighted by molar-refractivity contribution is -0.239. The third-order valence-electron chi connectivity index (χ3n) is 3.63. The van der Waals surface area contributed by atoms with E-state index < -0.39 is 23.8 Å². The third kappa shape index (κ3) is 2.89. The molecular weight excluding hydrogens is 325 g/mol. The number of rotatable bonds is 1. The van der Waals surface area contributed by atoms with Gasteiger partial charge in [0.25, 0.3) is 5.60 Å². The van der Waals surface area contributed by atoms with Crippen molar-refractivity contribution >= 4 is 23.4 Å². The van der Waals surface area contributed by atoms with E-state index in [0.717, 1.165) is 18.9 Å². The highest BCUT2D eigenvalue weighted by Crippen LogP contribution is 2.48. The van der Waals surface area contributed by atoms with Crippen LogP contribution in [-0.4, -0.2) is 18.2 Å². The van der Waals surface area contributed by atoms with Crippen LogP contribution in [0.25, 0.3) is 0 Å². The van der Waals surface area contributed by atoms with Gasteiger partial charge in [0.2, 0.25) is 5.91 Å². The molecule has 2 N–H and O–H groups in total. The summed E-state index contributed by atoms with van der Waals surface area (Å²) in [6.45, 7) is 1.24. The smallest absolute Gasteiger partial charge is 0.415 e. The van der Waals surface area contributed by atoms with Crippen molar-refractivity contribution in [1.82, 2.24) is 0 Å². The first-order valence-corrected chi connectivity index (χ1v) is 7.23. The van der Waals surface area contributed by atoms with E-state index in [-0.39, 0.29) is 22.9 Å². The first-order chi connectivity index (χ1) is 11.2. The Balaban J connectivity index is 2.17. The van der Waals surface area contributed by atoms with E-state index >= 15 is 0 Å². The SMILES string of the molecule is CC(=O)Nc1ccc2c(c1)[C@@](C#CC1CC1)(C(F)(F)F)OC(=O)N2. The number of anilines is 2. The molecule has 3 rings (SSSR count). The highest BCUT2D eigenvalue weighted by atomic mass is 19.4. The molecule has 1 fully saturated rings. The van der Waals surface area contributed by atoms with Gasteiger partial charge < -0.3 is 10.1 Å². The van der Waals surface area contributed by atoms with Crippen molar-refractivity contribution < 1.29 is 27.5 Å². The van der Waals surface area contributed by atoms with Crippen LogP contribution in [0.5, 0.6) is 0 Å². The molecule has 1 aliphatic carbocycles. The molecule has 0 spiro atoms. The second-order valence-electron chi connectivity index (χ2n) is 5.68. The normalized spacial score (nSPS) is 22.4. The lowest BCUT2D eigenvalue weighted by Gasteiger charge is -2.36. The lowest BCUT2D eigenvalue weighted by atomic mass is 9.89. The molecule has 1 aromatic rings. The van der Waals surface area contributed by atoms with Gasteiger partial charge in [0.15, 0.2) is 0 Å². The Morgan fingerprint density at radius 1 is 1.42 bits per heavy atom. The summed E-state index contributed by atoms with van der Waals surface area (Å²) in [5, 5.41) is 4.64. The first-order valence-electron chi connectivity index (χ1n) is 7.23. The van der Waals surface area contributed by atoms with Crippen molar-refractivity contribution in [3.63, 3.8) is 0 Å². The molecule has 2 aliphatic rings. The molecule has 0 radical (unpaired) electrons. The molecule has 1 saturated carbocycles. The van der Waals surface area contributed by atoms with Crippen LogP contribution in [-0.2, 0) is 15.1 Å². The van der Waals surface area contributed by atoms with Gasteiger partial charge in [-0.05, 0) is 37.0 Å². The van der Waals surface area contributed by atoms with Crippen LogP contribution in [0.2, 0.25) is 0 Å². The summed E-state index contributed by atoms with van der Waals surface area (Å²) in [5.41, 5.74) is -3.30. The van der Waals surface area contributed by atoms with Crippen LogP contribution >= 0.6 is 0 Å². The van der Waals surface area contributed by atoms with E-state index in [0.29, 0.717) is 0 Å². The zero-order valence-electron chi connectivity index (χ0n) is 12.6. The predicted molar refractivity (Wildman–Crippen MR) is 79.1 cm³/mol. The Labute approximate surface area is 135 Å². The first kappa shape index (κ1) is 16.2. The second-order valence-corrected chi connectivity index (χ2v) is 5.68. The lowest BCUT2D eigenvalue weighted by Crippen LogP contribution is -2.49. The van der Waals surface area contributed by atoms with Gasteiger partial charge in [-0.25, -0.2) is 4.79 Å². The van der Waals surface area contributed by atoms with Crippen LogP contribution < -0.4 is 10.6 Å². The molecule has 2 amide bonds. The Bertz CT molecular complexity index is 775. The average molecular weight is 338 g/mol. The van der Waals surface area contributed by atoms with Gasteiger partial charge in [0, 0.05) is 24.1 Å². The molecular formula is C16H13F3N2O3.